The summed E-state index contributed by atoms with van der Waals surface area (Å²) in [5, 5.41) is 18.5. The van der Waals surface area contributed by atoms with Gasteiger partial charge in [-0.1, -0.05) is 17.3 Å². The number of nitrogens with zero attached hydrogens (tertiary/aromatic N) is 5. The molecule has 136 valence electrons. The zero-order chi connectivity index (χ0) is 18.6. The molecule has 1 aromatic carbocycles. The number of hydrogen-bond donors (Lipinski definition) is 1. The first-order valence-corrected chi connectivity index (χ1v) is 8.70. The Morgan fingerprint density at radius 2 is 2.11 bits per heavy atom. The summed E-state index contributed by atoms with van der Waals surface area (Å²) in [4.78, 5) is 13.8. The molecule has 0 aliphatic rings. The molecule has 0 bridgehead atoms. The fourth-order valence-electron chi connectivity index (χ4n) is 2.91. The SMILES string of the molecule is CC(=NOCCO)c1ccc2ncc(Cc3ccc4ncccc4c3)n2n1. The van der Waals surface area contributed by atoms with Crippen molar-refractivity contribution < 1.29 is 9.94 Å². The Hall–Kier alpha value is -3.32. The van der Waals surface area contributed by atoms with Crippen LogP contribution in [0.2, 0.25) is 0 Å². The zero-order valence-corrected chi connectivity index (χ0v) is 14.9. The lowest BCUT2D eigenvalue weighted by Crippen LogP contribution is -2.07. The highest BCUT2D eigenvalue weighted by atomic mass is 16.6. The van der Waals surface area contributed by atoms with E-state index in [1.54, 1.807) is 6.20 Å². The van der Waals surface area contributed by atoms with Crippen LogP contribution in [0.1, 0.15) is 23.9 Å². The van der Waals surface area contributed by atoms with Crippen molar-refractivity contribution >= 4 is 22.3 Å². The van der Waals surface area contributed by atoms with Gasteiger partial charge in [-0.3, -0.25) is 4.98 Å². The fourth-order valence-corrected chi connectivity index (χ4v) is 2.91. The second-order valence-electron chi connectivity index (χ2n) is 6.18. The third-order valence-electron chi connectivity index (χ3n) is 4.24. The molecule has 27 heavy (non-hydrogen) atoms. The van der Waals surface area contributed by atoms with Gasteiger partial charge in [-0.15, -0.1) is 0 Å². The standard InChI is InChI=1S/C20H19N5O2/c1-14(24-27-10-9-26)18-6-7-20-22-13-17(25(20)23-18)12-15-4-5-19-16(11-15)3-2-8-21-19/h2-8,11,13,26H,9-10,12H2,1H3. The second-order valence-corrected chi connectivity index (χ2v) is 6.18. The number of rotatable bonds is 6. The van der Waals surface area contributed by atoms with Gasteiger partial charge in [0.1, 0.15) is 18.0 Å². The summed E-state index contributed by atoms with van der Waals surface area (Å²) in [6.45, 7) is 1.90. The molecule has 4 aromatic rings. The van der Waals surface area contributed by atoms with Crippen molar-refractivity contribution in [3.05, 3.63) is 71.8 Å². The van der Waals surface area contributed by atoms with E-state index in [0.29, 0.717) is 17.8 Å². The molecule has 7 nitrogen and oxygen atoms in total. The molecular formula is C20H19N5O2. The molecule has 0 amide bonds. The van der Waals surface area contributed by atoms with Crippen LogP contribution in [0.3, 0.4) is 0 Å². The van der Waals surface area contributed by atoms with Crippen molar-refractivity contribution in [1.29, 1.82) is 0 Å². The molecule has 0 fully saturated rings. The Bertz CT molecular complexity index is 1120. The number of benzene rings is 1. The maximum Gasteiger partial charge on any atom is 0.153 e. The van der Waals surface area contributed by atoms with Crippen LogP contribution in [-0.2, 0) is 11.3 Å². The van der Waals surface area contributed by atoms with Crippen molar-refractivity contribution in [1.82, 2.24) is 19.6 Å². The van der Waals surface area contributed by atoms with Crippen LogP contribution in [0, 0.1) is 0 Å². The van der Waals surface area contributed by atoms with Crippen LogP contribution in [-0.4, -0.2) is 43.6 Å². The number of imidazole rings is 1. The number of hydrogen-bond acceptors (Lipinski definition) is 6. The zero-order valence-electron chi connectivity index (χ0n) is 14.9. The summed E-state index contributed by atoms with van der Waals surface area (Å²) in [5.74, 6) is 0. The minimum Gasteiger partial charge on any atom is -0.393 e. The molecule has 0 aliphatic carbocycles. The highest BCUT2D eigenvalue weighted by molar-refractivity contribution is 5.96. The molecule has 0 radical (unpaired) electrons. The summed E-state index contributed by atoms with van der Waals surface area (Å²) >= 11 is 0. The lowest BCUT2D eigenvalue weighted by Gasteiger charge is -2.05. The summed E-state index contributed by atoms with van der Waals surface area (Å²) in [5.41, 5.74) is 5.25. The van der Waals surface area contributed by atoms with Gasteiger partial charge in [-0.05, 0) is 42.8 Å². The summed E-state index contributed by atoms with van der Waals surface area (Å²) < 4.78 is 1.83. The molecule has 0 aliphatic heterocycles. The Morgan fingerprint density at radius 3 is 3.00 bits per heavy atom. The predicted molar refractivity (Wildman–Crippen MR) is 103 cm³/mol. The fraction of sp³-hybridized carbons (Fsp3) is 0.200. The minimum atomic E-state index is -0.0732. The molecule has 0 spiro atoms. The van der Waals surface area contributed by atoms with Crippen molar-refractivity contribution in [3.63, 3.8) is 0 Å². The van der Waals surface area contributed by atoms with E-state index < -0.39 is 0 Å². The lowest BCUT2D eigenvalue weighted by molar-refractivity contribution is 0.0986. The molecular weight excluding hydrogens is 342 g/mol. The number of aliphatic hydroxyl groups excluding tert-OH is 1. The number of fused-ring (bicyclic) bond motifs is 2. The number of pyridine rings is 1. The molecule has 1 N–H and O–H groups in total. The monoisotopic (exact) mass is 361 g/mol. The first-order chi connectivity index (χ1) is 13.2. The van der Waals surface area contributed by atoms with Crippen LogP contribution < -0.4 is 0 Å². The van der Waals surface area contributed by atoms with E-state index in [-0.39, 0.29) is 13.2 Å². The Morgan fingerprint density at radius 1 is 1.19 bits per heavy atom. The van der Waals surface area contributed by atoms with Crippen molar-refractivity contribution in [2.24, 2.45) is 5.16 Å². The van der Waals surface area contributed by atoms with Gasteiger partial charge in [0.2, 0.25) is 0 Å². The van der Waals surface area contributed by atoms with Gasteiger partial charge in [0.05, 0.1) is 24.0 Å². The maximum absolute atomic E-state index is 8.78. The lowest BCUT2D eigenvalue weighted by atomic mass is 10.1. The van der Waals surface area contributed by atoms with E-state index >= 15 is 0 Å². The van der Waals surface area contributed by atoms with Gasteiger partial charge in [0, 0.05) is 18.0 Å². The minimum absolute atomic E-state index is 0.0732. The third kappa shape index (κ3) is 3.63. The van der Waals surface area contributed by atoms with Crippen molar-refractivity contribution in [2.45, 2.75) is 13.3 Å². The third-order valence-corrected chi connectivity index (χ3v) is 4.24. The van der Waals surface area contributed by atoms with Gasteiger partial charge in [0.25, 0.3) is 0 Å². The van der Waals surface area contributed by atoms with E-state index in [0.717, 1.165) is 22.2 Å². The molecule has 3 aromatic heterocycles. The smallest absolute Gasteiger partial charge is 0.153 e. The van der Waals surface area contributed by atoms with Gasteiger partial charge >= 0.3 is 0 Å². The van der Waals surface area contributed by atoms with E-state index in [2.05, 4.69) is 38.4 Å². The second kappa shape index (κ2) is 7.51. The van der Waals surface area contributed by atoms with E-state index in [9.17, 15) is 0 Å². The quantitative estimate of drug-likeness (QED) is 0.324. The van der Waals surface area contributed by atoms with Crippen LogP contribution in [0.5, 0.6) is 0 Å². The van der Waals surface area contributed by atoms with Crippen LogP contribution in [0.4, 0.5) is 0 Å². The molecule has 0 unspecified atom stereocenters. The van der Waals surface area contributed by atoms with E-state index in [1.165, 1.54) is 5.56 Å². The normalized spacial score (nSPS) is 12.0. The van der Waals surface area contributed by atoms with Crippen LogP contribution >= 0.6 is 0 Å². The topological polar surface area (TPSA) is 84.9 Å². The largest absolute Gasteiger partial charge is 0.393 e. The average molecular weight is 361 g/mol. The number of aliphatic hydroxyl groups is 1. The van der Waals surface area contributed by atoms with Crippen LogP contribution in [0.15, 0.2) is 60.0 Å². The molecule has 4 rings (SSSR count). The summed E-state index contributed by atoms with van der Waals surface area (Å²) in [7, 11) is 0. The van der Waals surface area contributed by atoms with E-state index in [1.807, 2.05) is 41.9 Å². The first kappa shape index (κ1) is 17.1. The maximum atomic E-state index is 8.78. The molecule has 0 saturated heterocycles. The van der Waals surface area contributed by atoms with E-state index in [4.69, 9.17) is 9.94 Å². The molecule has 0 saturated carbocycles. The Balaban J connectivity index is 1.65. The molecule has 0 atom stereocenters. The van der Waals surface area contributed by atoms with Crippen molar-refractivity contribution in [2.75, 3.05) is 13.2 Å². The van der Waals surface area contributed by atoms with Crippen LogP contribution in [0.25, 0.3) is 16.6 Å². The first-order valence-electron chi connectivity index (χ1n) is 8.70. The highest BCUT2D eigenvalue weighted by Gasteiger charge is 2.09. The number of oxime groups is 1. The number of aromatic nitrogens is 4. The summed E-state index contributed by atoms with van der Waals surface area (Å²) in [6, 6.07) is 14.0. The molecule has 7 heteroatoms. The average Bonchev–Trinajstić information content (AvgIpc) is 3.10. The Labute approximate surface area is 155 Å². The Kier molecular flexibility index (Phi) is 4.76. The summed E-state index contributed by atoms with van der Waals surface area (Å²) in [6.07, 6.45) is 4.35. The molecule has 3 heterocycles. The highest BCUT2D eigenvalue weighted by Crippen LogP contribution is 2.17. The van der Waals surface area contributed by atoms with Crippen molar-refractivity contribution in [3.8, 4) is 0 Å². The van der Waals surface area contributed by atoms with Gasteiger partial charge in [-0.25, -0.2) is 9.50 Å². The van der Waals surface area contributed by atoms with Gasteiger partial charge in [-0.2, -0.15) is 5.10 Å². The van der Waals surface area contributed by atoms with Gasteiger partial charge < -0.3 is 9.94 Å². The van der Waals surface area contributed by atoms with Gasteiger partial charge in [0.15, 0.2) is 5.65 Å². The predicted octanol–water partition coefficient (Wildman–Crippen LogP) is 2.60.